The van der Waals surface area contributed by atoms with Crippen molar-refractivity contribution in [3.05, 3.63) is 11.7 Å². The summed E-state index contributed by atoms with van der Waals surface area (Å²) in [7, 11) is 0. The summed E-state index contributed by atoms with van der Waals surface area (Å²) in [6, 6.07) is 0.267. The number of aromatic nitrogens is 2. The van der Waals surface area contributed by atoms with E-state index in [-0.39, 0.29) is 12.1 Å². The van der Waals surface area contributed by atoms with E-state index >= 15 is 0 Å². The minimum Gasteiger partial charge on any atom is -0.393 e. The predicted molar refractivity (Wildman–Crippen MR) is 69.7 cm³/mol. The van der Waals surface area contributed by atoms with Crippen molar-refractivity contribution < 1.29 is 9.63 Å². The Balaban J connectivity index is 1.64. The molecule has 0 aromatic carbocycles. The molecule has 2 bridgehead atoms. The lowest BCUT2D eigenvalue weighted by atomic mass is 10.1. The van der Waals surface area contributed by atoms with E-state index in [9.17, 15) is 5.11 Å². The maximum Gasteiger partial charge on any atom is 0.229 e. The largest absolute Gasteiger partial charge is 0.393 e. The number of piperazine rings is 3. The van der Waals surface area contributed by atoms with Crippen LogP contribution in [0.1, 0.15) is 37.5 Å². The molecule has 0 spiro atoms. The number of aliphatic hydroxyl groups excluding tert-OH is 1. The van der Waals surface area contributed by atoms with Gasteiger partial charge in [0, 0.05) is 32.7 Å². The van der Waals surface area contributed by atoms with Crippen LogP contribution in [0.5, 0.6) is 0 Å². The topological polar surface area (TPSA) is 65.6 Å². The summed E-state index contributed by atoms with van der Waals surface area (Å²) in [5.41, 5.74) is 0. The second-order valence-electron chi connectivity index (χ2n) is 5.55. The molecular formula is C13H22N4O2. The fourth-order valence-electron chi connectivity index (χ4n) is 2.99. The molecule has 1 aromatic heterocycles. The second-order valence-corrected chi connectivity index (χ2v) is 5.55. The maximum absolute atomic E-state index is 9.78. The zero-order valence-electron chi connectivity index (χ0n) is 11.5. The molecule has 0 aliphatic carbocycles. The third-order valence-corrected chi connectivity index (χ3v) is 4.09. The Hall–Kier alpha value is -0.980. The first-order chi connectivity index (χ1) is 9.26. The van der Waals surface area contributed by atoms with Gasteiger partial charge in [-0.15, -0.1) is 0 Å². The maximum atomic E-state index is 9.78. The van der Waals surface area contributed by atoms with Crippen LogP contribution in [-0.4, -0.2) is 63.9 Å². The molecule has 1 aromatic rings. The molecule has 1 N–H and O–H groups in total. The minimum atomic E-state index is -0.370. The van der Waals surface area contributed by atoms with Gasteiger partial charge < -0.3 is 9.63 Å². The molecule has 2 unspecified atom stereocenters. The number of fused-ring (bicyclic) bond motifs is 3. The van der Waals surface area contributed by atoms with Crippen molar-refractivity contribution in [2.75, 3.05) is 32.7 Å². The van der Waals surface area contributed by atoms with Crippen LogP contribution in [0.2, 0.25) is 0 Å². The van der Waals surface area contributed by atoms with Crippen molar-refractivity contribution in [3.63, 3.8) is 0 Å². The highest BCUT2D eigenvalue weighted by Gasteiger charge is 2.35. The fraction of sp³-hybridized carbons (Fsp3) is 0.846. The van der Waals surface area contributed by atoms with Crippen LogP contribution in [0.3, 0.4) is 0 Å². The molecule has 0 radical (unpaired) electrons. The third kappa shape index (κ3) is 2.80. The Bertz CT molecular complexity index is 415. The molecule has 0 amide bonds. The molecule has 4 heterocycles. The summed E-state index contributed by atoms with van der Waals surface area (Å²) in [6.07, 6.45) is 1.84. The predicted octanol–water partition coefficient (Wildman–Crippen LogP) is 0.445. The van der Waals surface area contributed by atoms with Crippen LogP contribution in [0, 0.1) is 0 Å². The average molecular weight is 266 g/mol. The minimum absolute atomic E-state index is 0.267. The highest BCUT2D eigenvalue weighted by Crippen LogP contribution is 2.26. The molecule has 106 valence electrons. The first kappa shape index (κ1) is 13.0. The summed E-state index contributed by atoms with van der Waals surface area (Å²) in [5, 5.41) is 13.9. The Morgan fingerprint density at radius 2 is 2.16 bits per heavy atom. The van der Waals surface area contributed by atoms with Gasteiger partial charge in [-0.05, 0) is 6.42 Å². The first-order valence-corrected chi connectivity index (χ1v) is 7.23. The first-order valence-electron chi connectivity index (χ1n) is 7.23. The van der Waals surface area contributed by atoms with Gasteiger partial charge in [0.25, 0.3) is 0 Å². The normalized spacial score (nSPS) is 31.6. The number of hydrogen-bond donors (Lipinski definition) is 1. The number of hydrogen-bond acceptors (Lipinski definition) is 6. The summed E-state index contributed by atoms with van der Waals surface area (Å²) >= 11 is 0. The van der Waals surface area contributed by atoms with Crippen LogP contribution >= 0.6 is 0 Å². The second kappa shape index (κ2) is 5.56. The van der Waals surface area contributed by atoms with E-state index in [1.165, 1.54) is 0 Å². The molecule has 0 saturated carbocycles. The quantitative estimate of drug-likeness (QED) is 0.834. The Morgan fingerprint density at radius 1 is 1.37 bits per heavy atom. The molecule has 4 rings (SSSR count). The van der Waals surface area contributed by atoms with Gasteiger partial charge in [0.2, 0.25) is 5.89 Å². The molecule has 6 heteroatoms. The van der Waals surface area contributed by atoms with Crippen LogP contribution in [-0.2, 0) is 6.42 Å². The SMILES string of the molecule is CCCC(O)Cc1nc(C2CN3CCN2CC3)no1. The summed E-state index contributed by atoms with van der Waals surface area (Å²) in [6.45, 7) is 7.53. The molecule has 3 fully saturated rings. The van der Waals surface area contributed by atoms with E-state index in [1.54, 1.807) is 0 Å². The Labute approximate surface area is 113 Å². The molecule has 3 aliphatic rings. The Kier molecular flexibility index (Phi) is 3.81. The molecular weight excluding hydrogens is 244 g/mol. The Morgan fingerprint density at radius 3 is 2.79 bits per heavy atom. The van der Waals surface area contributed by atoms with Crippen molar-refractivity contribution in [1.29, 1.82) is 0 Å². The highest BCUT2D eigenvalue weighted by atomic mass is 16.5. The van der Waals surface area contributed by atoms with E-state index in [4.69, 9.17) is 4.52 Å². The highest BCUT2D eigenvalue weighted by molar-refractivity contribution is 5.01. The summed E-state index contributed by atoms with van der Waals surface area (Å²) < 4.78 is 5.28. The number of nitrogens with zero attached hydrogens (tertiary/aromatic N) is 4. The van der Waals surface area contributed by atoms with Crippen molar-refractivity contribution in [2.24, 2.45) is 0 Å². The summed E-state index contributed by atoms with van der Waals surface area (Å²) in [5.74, 6) is 1.34. The molecule has 3 saturated heterocycles. The van der Waals surface area contributed by atoms with Crippen LogP contribution in [0.4, 0.5) is 0 Å². The molecule has 6 nitrogen and oxygen atoms in total. The average Bonchev–Trinajstić information content (AvgIpc) is 2.88. The molecule has 3 aliphatic heterocycles. The van der Waals surface area contributed by atoms with Crippen molar-refractivity contribution in [1.82, 2.24) is 19.9 Å². The van der Waals surface area contributed by atoms with Gasteiger partial charge in [0.1, 0.15) is 0 Å². The third-order valence-electron chi connectivity index (χ3n) is 4.09. The zero-order chi connectivity index (χ0) is 13.2. The smallest absolute Gasteiger partial charge is 0.229 e. The monoisotopic (exact) mass is 266 g/mol. The lowest BCUT2D eigenvalue weighted by Crippen LogP contribution is -2.57. The molecule has 2 atom stereocenters. The van der Waals surface area contributed by atoms with Gasteiger partial charge >= 0.3 is 0 Å². The van der Waals surface area contributed by atoms with Gasteiger partial charge in [-0.2, -0.15) is 4.98 Å². The van der Waals surface area contributed by atoms with Crippen LogP contribution in [0.15, 0.2) is 4.52 Å². The van der Waals surface area contributed by atoms with E-state index in [0.29, 0.717) is 12.3 Å². The van der Waals surface area contributed by atoms with E-state index in [1.807, 2.05) is 0 Å². The lowest BCUT2D eigenvalue weighted by Gasteiger charge is -2.46. The van der Waals surface area contributed by atoms with Gasteiger partial charge in [-0.1, -0.05) is 18.5 Å². The van der Waals surface area contributed by atoms with Gasteiger partial charge in [0.15, 0.2) is 5.82 Å². The fourth-order valence-corrected chi connectivity index (χ4v) is 2.99. The van der Waals surface area contributed by atoms with E-state index < -0.39 is 0 Å². The van der Waals surface area contributed by atoms with E-state index in [2.05, 4.69) is 26.9 Å². The number of rotatable bonds is 5. The van der Waals surface area contributed by atoms with Crippen LogP contribution in [0.25, 0.3) is 0 Å². The van der Waals surface area contributed by atoms with Crippen LogP contribution < -0.4 is 0 Å². The van der Waals surface area contributed by atoms with Crippen molar-refractivity contribution >= 4 is 0 Å². The number of aliphatic hydroxyl groups is 1. The lowest BCUT2D eigenvalue weighted by molar-refractivity contribution is 0.00781. The van der Waals surface area contributed by atoms with E-state index in [0.717, 1.165) is 51.4 Å². The molecule has 19 heavy (non-hydrogen) atoms. The zero-order valence-corrected chi connectivity index (χ0v) is 11.5. The van der Waals surface area contributed by atoms with Gasteiger partial charge in [-0.25, -0.2) is 0 Å². The van der Waals surface area contributed by atoms with Gasteiger partial charge in [0.05, 0.1) is 18.6 Å². The van der Waals surface area contributed by atoms with Crippen molar-refractivity contribution in [3.8, 4) is 0 Å². The van der Waals surface area contributed by atoms with Crippen molar-refractivity contribution in [2.45, 2.75) is 38.3 Å². The van der Waals surface area contributed by atoms with Gasteiger partial charge in [-0.3, -0.25) is 9.80 Å². The standard InChI is InChI=1S/C13H22N4O2/c1-2-3-10(18)8-12-14-13(15-19-12)11-9-16-4-6-17(11)7-5-16/h10-11,18H,2-9H2,1H3. The summed E-state index contributed by atoms with van der Waals surface area (Å²) in [4.78, 5) is 9.35.